The van der Waals surface area contributed by atoms with Crippen LogP contribution in [-0.2, 0) is 0 Å². The van der Waals surface area contributed by atoms with Crippen LogP contribution in [-0.4, -0.2) is 10.9 Å². The molecule has 0 spiro atoms. The molecular weight excluding hydrogens is 372 g/mol. The maximum Gasteiger partial charge on any atom is 0.257 e. The number of carbonyl (C=O) groups excluding carboxylic acids is 1. The SMILES string of the molecule is Cc1ccc(C(=O)Nc2ccc(Br)c(C)n2)c(Br)c1. The van der Waals surface area contributed by atoms with E-state index in [-0.39, 0.29) is 5.91 Å². The lowest BCUT2D eigenvalue weighted by Crippen LogP contribution is -2.14. The zero-order valence-corrected chi connectivity index (χ0v) is 13.7. The molecule has 1 aromatic heterocycles. The lowest BCUT2D eigenvalue weighted by Gasteiger charge is -2.08. The Hall–Kier alpha value is -1.20. The summed E-state index contributed by atoms with van der Waals surface area (Å²) in [6, 6.07) is 9.23. The van der Waals surface area contributed by atoms with Gasteiger partial charge in [-0.05, 0) is 75.5 Å². The molecule has 0 radical (unpaired) electrons. The highest BCUT2D eigenvalue weighted by molar-refractivity contribution is 9.10. The number of anilines is 1. The van der Waals surface area contributed by atoms with Crippen LogP contribution in [0.4, 0.5) is 5.82 Å². The molecule has 19 heavy (non-hydrogen) atoms. The second kappa shape index (κ2) is 5.84. The van der Waals surface area contributed by atoms with Gasteiger partial charge >= 0.3 is 0 Å². The van der Waals surface area contributed by atoms with Gasteiger partial charge in [-0.15, -0.1) is 0 Å². The molecule has 0 fully saturated rings. The topological polar surface area (TPSA) is 42.0 Å². The third-order valence-corrected chi connectivity index (χ3v) is 4.13. The third kappa shape index (κ3) is 3.42. The van der Waals surface area contributed by atoms with Gasteiger partial charge in [-0.25, -0.2) is 4.98 Å². The highest BCUT2D eigenvalue weighted by Crippen LogP contribution is 2.21. The number of hydrogen-bond donors (Lipinski definition) is 1. The molecule has 1 amide bonds. The number of amides is 1. The van der Waals surface area contributed by atoms with E-state index in [0.29, 0.717) is 11.4 Å². The minimum absolute atomic E-state index is 0.180. The van der Waals surface area contributed by atoms with Gasteiger partial charge in [0.1, 0.15) is 5.82 Å². The Morgan fingerprint density at radius 1 is 1.11 bits per heavy atom. The van der Waals surface area contributed by atoms with Crippen molar-refractivity contribution < 1.29 is 4.79 Å². The largest absolute Gasteiger partial charge is 0.307 e. The standard InChI is InChI=1S/C14H12Br2N2O/c1-8-3-4-10(12(16)7-8)14(19)18-13-6-5-11(15)9(2)17-13/h3-7H,1-2H3,(H,17,18,19). The zero-order chi connectivity index (χ0) is 14.0. The highest BCUT2D eigenvalue weighted by atomic mass is 79.9. The van der Waals surface area contributed by atoms with Crippen molar-refractivity contribution in [3.8, 4) is 0 Å². The Morgan fingerprint density at radius 2 is 1.84 bits per heavy atom. The van der Waals surface area contributed by atoms with E-state index < -0.39 is 0 Å². The molecule has 1 heterocycles. The molecule has 98 valence electrons. The van der Waals surface area contributed by atoms with E-state index in [1.165, 1.54) is 0 Å². The van der Waals surface area contributed by atoms with E-state index >= 15 is 0 Å². The number of halogens is 2. The number of nitrogens with zero attached hydrogens (tertiary/aromatic N) is 1. The van der Waals surface area contributed by atoms with Crippen LogP contribution in [0.15, 0.2) is 39.3 Å². The molecule has 2 rings (SSSR count). The highest BCUT2D eigenvalue weighted by Gasteiger charge is 2.11. The maximum absolute atomic E-state index is 12.1. The van der Waals surface area contributed by atoms with E-state index in [4.69, 9.17) is 0 Å². The first-order valence-corrected chi connectivity index (χ1v) is 7.26. The lowest BCUT2D eigenvalue weighted by molar-refractivity contribution is 0.102. The monoisotopic (exact) mass is 382 g/mol. The van der Waals surface area contributed by atoms with Gasteiger partial charge in [0.2, 0.25) is 0 Å². The van der Waals surface area contributed by atoms with Crippen molar-refractivity contribution in [3.05, 3.63) is 56.1 Å². The van der Waals surface area contributed by atoms with Gasteiger partial charge in [0.15, 0.2) is 0 Å². The Morgan fingerprint density at radius 3 is 2.47 bits per heavy atom. The summed E-state index contributed by atoms with van der Waals surface area (Å²) in [4.78, 5) is 16.4. The fraction of sp³-hybridized carbons (Fsp3) is 0.143. The number of aryl methyl sites for hydroxylation is 2. The number of pyridine rings is 1. The van der Waals surface area contributed by atoms with Gasteiger partial charge in [0.25, 0.3) is 5.91 Å². The van der Waals surface area contributed by atoms with Crippen molar-refractivity contribution in [1.29, 1.82) is 0 Å². The molecule has 5 heteroatoms. The summed E-state index contributed by atoms with van der Waals surface area (Å²) in [5, 5.41) is 2.79. The molecule has 0 aliphatic rings. The summed E-state index contributed by atoms with van der Waals surface area (Å²) >= 11 is 6.78. The van der Waals surface area contributed by atoms with Crippen LogP contribution in [0.2, 0.25) is 0 Å². The van der Waals surface area contributed by atoms with Crippen LogP contribution >= 0.6 is 31.9 Å². The van der Waals surface area contributed by atoms with Crippen molar-refractivity contribution in [2.75, 3.05) is 5.32 Å². The molecule has 1 aromatic carbocycles. The Labute approximate surface area is 128 Å². The number of hydrogen-bond acceptors (Lipinski definition) is 2. The number of nitrogens with one attached hydrogen (secondary N) is 1. The molecule has 0 aliphatic carbocycles. The van der Waals surface area contributed by atoms with Gasteiger partial charge in [0.05, 0.1) is 11.3 Å². The second-order valence-electron chi connectivity index (χ2n) is 4.20. The predicted molar refractivity (Wildman–Crippen MR) is 83.5 cm³/mol. The van der Waals surface area contributed by atoms with E-state index in [9.17, 15) is 4.79 Å². The van der Waals surface area contributed by atoms with Crippen molar-refractivity contribution in [3.63, 3.8) is 0 Å². The minimum Gasteiger partial charge on any atom is -0.307 e. The van der Waals surface area contributed by atoms with Gasteiger partial charge in [-0.2, -0.15) is 0 Å². The number of aromatic nitrogens is 1. The predicted octanol–water partition coefficient (Wildman–Crippen LogP) is 4.48. The fourth-order valence-electron chi connectivity index (χ4n) is 1.60. The smallest absolute Gasteiger partial charge is 0.257 e. The zero-order valence-electron chi connectivity index (χ0n) is 10.5. The Balaban J connectivity index is 2.23. The Kier molecular flexibility index (Phi) is 4.37. The maximum atomic E-state index is 12.1. The van der Waals surface area contributed by atoms with E-state index in [1.54, 1.807) is 12.1 Å². The molecule has 2 aromatic rings. The third-order valence-electron chi connectivity index (χ3n) is 2.63. The quantitative estimate of drug-likeness (QED) is 0.830. The summed E-state index contributed by atoms with van der Waals surface area (Å²) in [5.41, 5.74) is 2.52. The molecule has 0 aliphatic heterocycles. The lowest BCUT2D eigenvalue weighted by atomic mass is 10.1. The van der Waals surface area contributed by atoms with Crippen molar-refractivity contribution in [1.82, 2.24) is 4.98 Å². The Bertz CT molecular complexity index is 641. The average molecular weight is 384 g/mol. The van der Waals surface area contributed by atoms with Crippen molar-refractivity contribution in [2.24, 2.45) is 0 Å². The van der Waals surface area contributed by atoms with Crippen molar-refractivity contribution >= 4 is 43.6 Å². The van der Waals surface area contributed by atoms with Gasteiger partial charge in [0, 0.05) is 8.95 Å². The van der Waals surface area contributed by atoms with Crippen LogP contribution in [0.5, 0.6) is 0 Å². The summed E-state index contributed by atoms with van der Waals surface area (Å²) in [6.07, 6.45) is 0. The number of benzene rings is 1. The van der Waals surface area contributed by atoms with Crippen LogP contribution in [0.1, 0.15) is 21.6 Å². The molecule has 0 atom stereocenters. The van der Waals surface area contributed by atoms with Crippen LogP contribution < -0.4 is 5.32 Å². The summed E-state index contributed by atoms with van der Waals surface area (Å²) in [5.74, 6) is 0.360. The van der Waals surface area contributed by atoms with Crippen LogP contribution in [0, 0.1) is 13.8 Å². The molecule has 0 bridgehead atoms. The first-order chi connectivity index (χ1) is 8.97. The first kappa shape index (κ1) is 14.2. The molecule has 1 N–H and O–H groups in total. The summed E-state index contributed by atoms with van der Waals surface area (Å²) in [6.45, 7) is 3.85. The van der Waals surface area contributed by atoms with E-state index in [2.05, 4.69) is 42.2 Å². The van der Waals surface area contributed by atoms with E-state index in [1.807, 2.05) is 32.0 Å². The number of carbonyl (C=O) groups is 1. The number of rotatable bonds is 2. The van der Waals surface area contributed by atoms with Gasteiger partial charge in [-0.1, -0.05) is 6.07 Å². The van der Waals surface area contributed by atoms with Gasteiger partial charge in [-0.3, -0.25) is 4.79 Å². The molecule has 0 unspecified atom stereocenters. The van der Waals surface area contributed by atoms with Crippen LogP contribution in [0.25, 0.3) is 0 Å². The normalized spacial score (nSPS) is 10.3. The first-order valence-electron chi connectivity index (χ1n) is 5.68. The summed E-state index contributed by atoms with van der Waals surface area (Å²) in [7, 11) is 0. The molecular formula is C14H12Br2N2O. The molecule has 3 nitrogen and oxygen atoms in total. The average Bonchev–Trinajstić information content (AvgIpc) is 2.33. The molecule has 0 saturated carbocycles. The minimum atomic E-state index is -0.180. The van der Waals surface area contributed by atoms with Crippen molar-refractivity contribution in [2.45, 2.75) is 13.8 Å². The van der Waals surface area contributed by atoms with E-state index in [0.717, 1.165) is 20.2 Å². The van der Waals surface area contributed by atoms with Gasteiger partial charge < -0.3 is 5.32 Å². The molecule has 0 saturated heterocycles. The fourth-order valence-corrected chi connectivity index (χ4v) is 2.50. The summed E-state index contributed by atoms with van der Waals surface area (Å²) < 4.78 is 1.70. The van der Waals surface area contributed by atoms with Crippen LogP contribution in [0.3, 0.4) is 0 Å². The second-order valence-corrected chi connectivity index (χ2v) is 5.91.